The van der Waals surface area contributed by atoms with Crippen molar-refractivity contribution in [3.05, 3.63) is 12.2 Å². The standard InChI is InChI=1S/C24H46O6/c1-2-3-4-5-6-7-8-9-10-11-12-13-14-15-16-17-18-30-20-22(27)24(29)23(28)21(26)19-25/h9-10,21,23-26,28-29H,2-8,11-20H2,1H3/t21-,23+,24+/m0/s1. The monoisotopic (exact) mass is 430 g/mol. The minimum atomic E-state index is -1.74. The van der Waals surface area contributed by atoms with Crippen molar-refractivity contribution in [3.8, 4) is 0 Å². The number of ether oxygens (including phenoxy) is 1. The first-order valence-electron chi connectivity index (χ1n) is 11.9. The van der Waals surface area contributed by atoms with Crippen molar-refractivity contribution in [2.45, 2.75) is 115 Å². The van der Waals surface area contributed by atoms with Crippen molar-refractivity contribution in [1.29, 1.82) is 0 Å². The lowest BCUT2D eigenvalue weighted by molar-refractivity contribution is -0.144. The third-order valence-corrected chi connectivity index (χ3v) is 5.28. The molecule has 0 spiro atoms. The second kappa shape index (κ2) is 21.4. The van der Waals surface area contributed by atoms with Crippen LogP contribution in [0, 0.1) is 0 Å². The molecule has 178 valence electrons. The molecule has 0 saturated heterocycles. The fourth-order valence-corrected chi connectivity index (χ4v) is 3.22. The van der Waals surface area contributed by atoms with Crippen molar-refractivity contribution in [2.75, 3.05) is 19.8 Å². The highest BCUT2D eigenvalue weighted by Gasteiger charge is 2.29. The summed E-state index contributed by atoms with van der Waals surface area (Å²) >= 11 is 0. The average molecular weight is 431 g/mol. The van der Waals surface area contributed by atoms with Crippen molar-refractivity contribution < 1.29 is 30.0 Å². The maximum absolute atomic E-state index is 11.6. The Labute approximate surface area is 183 Å². The number of aliphatic hydroxyl groups is 4. The molecule has 0 unspecified atom stereocenters. The van der Waals surface area contributed by atoms with Gasteiger partial charge in [0.25, 0.3) is 0 Å². The Balaban J connectivity index is 3.38. The quantitative estimate of drug-likeness (QED) is 0.154. The van der Waals surface area contributed by atoms with Gasteiger partial charge in [-0.3, -0.25) is 4.79 Å². The molecule has 0 fully saturated rings. The Bertz CT molecular complexity index is 413. The van der Waals surface area contributed by atoms with Crippen LogP contribution in [0.25, 0.3) is 0 Å². The highest BCUT2D eigenvalue weighted by molar-refractivity contribution is 5.84. The number of hydrogen-bond donors (Lipinski definition) is 4. The predicted octanol–water partition coefficient (Wildman–Crippen LogP) is 3.68. The van der Waals surface area contributed by atoms with Gasteiger partial charge in [-0.1, -0.05) is 76.9 Å². The normalized spacial score (nSPS) is 14.8. The van der Waals surface area contributed by atoms with Gasteiger partial charge in [0, 0.05) is 6.61 Å². The number of rotatable bonds is 22. The molecule has 4 N–H and O–H groups in total. The van der Waals surface area contributed by atoms with E-state index in [9.17, 15) is 20.1 Å². The SMILES string of the molecule is CCCCCCCCC=CCCCCCCCCOCC(=O)[C@@H](O)[C@H](O)[C@@H](O)CO. The third kappa shape index (κ3) is 16.9. The zero-order valence-electron chi connectivity index (χ0n) is 19.0. The van der Waals surface area contributed by atoms with Gasteiger partial charge in [-0.2, -0.15) is 0 Å². The molecule has 6 nitrogen and oxygen atoms in total. The van der Waals surface area contributed by atoms with Crippen LogP contribution in [-0.2, 0) is 9.53 Å². The molecule has 0 aliphatic heterocycles. The van der Waals surface area contributed by atoms with Crippen molar-refractivity contribution in [3.63, 3.8) is 0 Å². The summed E-state index contributed by atoms with van der Waals surface area (Å²) in [5, 5.41) is 37.0. The van der Waals surface area contributed by atoms with E-state index in [2.05, 4.69) is 19.1 Å². The Morgan fingerprint density at radius 1 is 0.800 bits per heavy atom. The molecule has 30 heavy (non-hydrogen) atoms. The summed E-state index contributed by atoms with van der Waals surface area (Å²) in [6.07, 6.45) is 16.9. The van der Waals surface area contributed by atoms with Gasteiger partial charge in [0.2, 0.25) is 0 Å². The van der Waals surface area contributed by atoms with E-state index in [1.807, 2.05) is 0 Å². The Kier molecular flexibility index (Phi) is 20.9. The van der Waals surface area contributed by atoms with Gasteiger partial charge < -0.3 is 25.2 Å². The Morgan fingerprint density at radius 2 is 1.30 bits per heavy atom. The average Bonchev–Trinajstić information content (AvgIpc) is 2.76. The van der Waals surface area contributed by atoms with E-state index in [4.69, 9.17) is 9.84 Å². The maximum Gasteiger partial charge on any atom is 0.189 e. The van der Waals surface area contributed by atoms with Crippen LogP contribution in [0.15, 0.2) is 12.2 Å². The molecule has 0 saturated carbocycles. The van der Waals surface area contributed by atoms with Crippen LogP contribution in [0.2, 0.25) is 0 Å². The molecular formula is C24H46O6. The van der Waals surface area contributed by atoms with Crippen molar-refractivity contribution in [1.82, 2.24) is 0 Å². The molecule has 0 bridgehead atoms. The van der Waals surface area contributed by atoms with Gasteiger partial charge >= 0.3 is 0 Å². The number of Topliss-reactive ketones (excluding diaryl/α,β-unsaturated/α-hetero) is 1. The number of aliphatic hydroxyl groups excluding tert-OH is 4. The molecule has 6 heteroatoms. The number of unbranched alkanes of at least 4 members (excludes halogenated alkanes) is 12. The van der Waals surface area contributed by atoms with E-state index < -0.39 is 30.7 Å². The molecule has 0 amide bonds. The van der Waals surface area contributed by atoms with Crippen LogP contribution in [-0.4, -0.2) is 64.3 Å². The first kappa shape index (κ1) is 29.2. The lowest BCUT2D eigenvalue weighted by atomic mass is 10.1. The number of carbonyl (C=O) groups is 1. The van der Waals surface area contributed by atoms with E-state index in [0.717, 1.165) is 19.3 Å². The summed E-state index contributed by atoms with van der Waals surface area (Å²) in [7, 11) is 0. The Morgan fingerprint density at radius 3 is 1.83 bits per heavy atom. The molecule has 0 aliphatic carbocycles. The van der Waals surface area contributed by atoms with Crippen LogP contribution < -0.4 is 0 Å². The highest BCUT2D eigenvalue weighted by Crippen LogP contribution is 2.10. The van der Waals surface area contributed by atoms with Crippen LogP contribution in [0.4, 0.5) is 0 Å². The molecule has 0 rings (SSSR count). The third-order valence-electron chi connectivity index (χ3n) is 5.28. The summed E-state index contributed by atoms with van der Waals surface area (Å²) in [5.41, 5.74) is 0. The number of hydrogen-bond acceptors (Lipinski definition) is 6. The summed E-state index contributed by atoms with van der Waals surface area (Å²) in [6.45, 7) is 1.65. The predicted molar refractivity (Wildman–Crippen MR) is 120 cm³/mol. The molecular weight excluding hydrogens is 384 g/mol. The first-order chi connectivity index (χ1) is 14.5. The van der Waals surface area contributed by atoms with Gasteiger partial charge in [0.15, 0.2) is 5.78 Å². The van der Waals surface area contributed by atoms with Crippen molar-refractivity contribution in [2.24, 2.45) is 0 Å². The minimum absolute atomic E-state index is 0.304. The maximum atomic E-state index is 11.6. The van der Waals surface area contributed by atoms with E-state index in [0.29, 0.717) is 6.61 Å². The van der Waals surface area contributed by atoms with Gasteiger partial charge in [-0.05, 0) is 32.1 Å². The largest absolute Gasteiger partial charge is 0.394 e. The lowest BCUT2D eigenvalue weighted by Gasteiger charge is -2.20. The van der Waals surface area contributed by atoms with E-state index in [1.54, 1.807) is 0 Å². The molecule has 0 heterocycles. The van der Waals surface area contributed by atoms with E-state index in [-0.39, 0.29) is 6.61 Å². The van der Waals surface area contributed by atoms with Gasteiger partial charge in [0.05, 0.1) is 6.61 Å². The summed E-state index contributed by atoms with van der Waals surface area (Å²) in [4.78, 5) is 11.6. The van der Waals surface area contributed by atoms with Crippen molar-refractivity contribution >= 4 is 5.78 Å². The second-order valence-electron chi connectivity index (χ2n) is 8.14. The summed E-state index contributed by atoms with van der Waals surface area (Å²) < 4.78 is 5.23. The summed E-state index contributed by atoms with van der Waals surface area (Å²) in [5.74, 6) is -0.695. The van der Waals surface area contributed by atoms with Crippen LogP contribution in [0.1, 0.15) is 96.8 Å². The summed E-state index contributed by atoms with van der Waals surface area (Å²) in [6, 6.07) is 0. The fraction of sp³-hybridized carbons (Fsp3) is 0.875. The topological polar surface area (TPSA) is 107 Å². The van der Waals surface area contributed by atoms with E-state index >= 15 is 0 Å². The zero-order valence-corrected chi connectivity index (χ0v) is 19.0. The molecule has 3 atom stereocenters. The number of allylic oxidation sites excluding steroid dienone is 2. The zero-order chi connectivity index (χ0) is 22.5. The van der Waals surface area contributed by atoms with Crippen LogP contribution in [0.5, 0.6) is 0 Å². The first-order valence-corrected chi connectivity index (χ1v) is 11.9. The van der Waals surface area contributed by atoms with Gasteiger partial charge in [-0.25, -0.2) is 0 Å². The van der Waals surface area contributed by atoms with Gasteiger partial charge in [0.1, 0.15) is 24.9 Å². The highest BCUT2D eigenvalue weighted by atomic mass is 16.5. The van der Waals surface area contributed by atoms with Crippen LogP contribution in [0.3, 0.4) is 0 Å². The number of ketones is 1. The van der Waals surface area contributed by atoms with Crippen LogP contribution >= 0.6 is 0 Å². The molecule has 0 aromatic rings. The molecule has 0 aromatic heterocycles. The number of carbonyl (C=O) groups excluding carboxylic acids is 1. The van der Waals surface area contributed by atoms with E-state index in [1.165, 1.54) is 70.6 Å². The smallest absolute Gasteiger partial charge is 0.189 e. The fourth-order valence-electron chi connectivity index (χ4n) is 3.22. The molecule has 0 aromatic carbocycles. The lowest BCUT2D eigenvalue weighted by Crippen LogP contribution is -2.45. The Hall–Kier alpha value is -0.790. The molecule has 0 aliphatic rings. The van der Waals surface area contributed by atoms with Gasteiger partial charge in [-0.15, -0.1) is 0 Å². The molecule has 0 radical (unpaired) electrons. The minimum Gasteiger partial charge on any atom is -0.394 e. The second-order valence-corrected chi connectivity index (χ2v) is 8.14.